The van der Waals surface area contributed by atoms with Gasteiger partial charge in [-0.1, -0.05) is 24.3 Å². The van der Waals surface area contributed by atoms with Gasteiger partial charge in [-0.05, 0) is 119 Å². The standard InChI is InChI=1S/C48H38N4O16S4.4Na/c1-65-37-17-5-25(21-41(37)69(53,54)55)45-29-9-11-31(49-29)46(26-6-18-38(66-2)42(22-26)70(56,57)58)33-13-15-35(51-33)48(28-8-20-40(68-4)44(24-28)72(62,63)64)36-16-14-34(52-36)47(32-12-10-30(45)50-32)27-7-19-39(67-3)43(23-27)71(59,60)61;;;;/h5-24,49,52H,1-4H3,(H,53,54,55)(H,56,57,58)(H,59,60,61)(H,62,63,64);;;;/q;4*+1/p-4. The smallest absolute Gasteiger partial charge is 0.744 e. The molecule has 0 fully saturated rings. The van der Waals surface area contributed by atoms with Crippen molar-refractivity contribution in [3.05, 3.63) is 120 Å². The quantitative estimate of drug-likeness (QED) is 0.0855. The average Bonchev–Trinajstić information content (AvgIpc) is 4.19. The minimum absolute atomic E-state index is 0. The number of aromatic nitrogens is 4. The van der Waals surface area contributed by atoms with E-state index in [1.807, 2.05) is 0 Å². The summed E-state index contributed by atoms with van der Waals surface area (Å²) in [7, 11) is -15.9. The maximum absolute atomic E-state index is 12.7. The number of ether oxygens (including phenoxy) is 4. The zero-order chi connectivity index (χ0) is 51.7. The van der Waals surface area contributed by atoms with Crippen LogP contribution in [0.4, 0.5) is 0 Å². The summed E-state index contributed by atoms with van der Waals surface area (Å²) < 4.78 is 173. The molecular weight excluding hydrogens is 1110 g/mol. The van der Waals surface area contributed by atoms with Crippen LogP contribution in [-0.4, -0.2) is 100 Å². The summed E-state index contributed by atoms with van der Waals surface area (Å²) >= 11 is 0. The molecule has 28 heteroatoms. The topological polar surface area (TPSA) is 323 Å². The van der Waals surface area contributed by atoms with Crippen LogP contribution in [0.25, 0.3) is 90.9 Å². The van der Waals surface area contributed by atoms with Crippen LogP contribution in [-0.2, 0) is 40.5 Å². The summed E-state index contributed by atoms with van der Waals surface area (Å²) in [6.07, 6.45) is 6.23. The second-order valence-electron chi connectivity index (χ2n) is 15.8. The molecule has 7 aromatic rings. The Labute approximate surface area is 524 Å². The van der Waals surface area contributed by atoms with E-state index in [9.17, 15) is 51.9 Å². The Morgan fingerprint density at radius 3 is 0.711 bits per heavy atom. The van der Waals surface area contributed by atoms with Crippen LogP contribution < -0.4 is 137 Å². The summed E-state index contributed by atoms with van der Waals surface area (Å²) in [6.45, 7) is 0. The van der Waals surface area contributed by atoms with Gasteiger partial charge in [0.1, 0.15) is 63.5 Å². The molecule has 0 saturated carbocycles. The molecular formula is C48H34N4Na4O16S4. The molecule has 0 unspecified atom stereocenters. The third-order valence-corrected chi connectivity index (χ3v) is 15.1. The molecule has 0 atom stereocenters. The Kier molecular flexibility index (Phi) is 20.2. The van der Waals surface area contributed by atoms with Crippen LogP contribution in [0.1, 0.15) is 22.8 Å². The Bertz CT molecular complexity index is 3660. The summed E-state index contributed by atoms with van der Waals surface area (Å²) in [4.78, 5) is 13.8. The molecule has 9 rings (SSSR count). The Morgan fingerprint density at radius 1 is 0.342 bits per heavy atom. The molecule has 0 amide bonds. The first-order chi connectivity index (χ1) is 34.0. The first-order valence-electron chi connectivity index (χ1n) is 20.8. The van der Waals surface area contributed by atoms with Gasteiger partial charge in [0.05, 0.1) is 70.8 Å². The third-order valence-electron chi connectivity index (χ3n) is 11.6. The van der Waals surface area contributed by atoms with E-state index in [0.717, 1.165) is 24.3 Å². The van der Waals surface area contributed by atoms with Crippen molar-refractivity contribution in [2.24, 2.45) is 0 Å². The van der Waals surface area contributed by atoms with Gasteiger partial charge in [-0.15, -0.1) is 0 Å². The molecule has 2 N–H and O–H groups in total. The number of hydrogen-bond donors (Lipinski definition) is 2. The predicted octanol–water partition coefficient (Wildman–Crippen LogP) is -5.01. The van der Waals surface area contributed by atoms with Gasteiger partial charge in [-0.2, -0.15) is 0 Å². The minimum atomic E-state index is -5.16. The van der Waals surface area contributed by atoms with Crippen LogP contribution in [0.15, 0.2) is 117 Å². The van der Waals surface area contributed by atoms with Gasteiger partial charge in [0.2, 0.25) is 0 Å². The predicted molar refractivity (Wildman–Crippen MR) is 259 cm³/mol. The van der Waals surface area contributed by atoms with Crippen molar-refractivity contribution < 1.29 is 189 Å². The van der Waals surface area contributed by atoms with Gasteiger partial charge in [0.15, 0.2) is 0 Å². The van der Waals surface area contributed by atoms with E-state index in [0.29, 0.717) is 0 Å². The van der Waals surface area contributed by atoms with Crippen LogP contribution in [0.5, 0.6) is 23.0 Å². The number of aromatic amines is 2. The molecule has 370 valence electrons. The Balaban J connectivity index is 0.00000267. The van der Waals surface area contributed by atoms with E-state index in [4.69, 9.17) is 28.9 Å². The molecule has 5 heterocycles. The number of methoxy groups -OCH3 is 4. The number of rotatable bonds is 12. The van der Waals surface area contributed by atoms with E-state index in [1.165, 1.54) is 77.0 Å². The second-order valence-corrected chi connectivity index (χ2v) is 21.2. The number of nitrogens with zero attached hydrogens (tertiary/aromatic N) is 2. The van der Waals surface area contributed by atoms with Crippen LogP contribution in [0, 0.1) is 0 Å². The van der Waals surface area contributed by atoms with Gasteiger partial charge in [-0.3, -0.25) is 0 Å². The zero-order valence-electron chi connectivity index (χ0n) is 41.6. The monoisotopic (exact) mass is 1140 g/mol. The largest absolute Gasteiger partial charge is 1.00 e. The number of H-pyrrole nitrogens is 2. The van der Waals surface area contributed by atoms with E-state index in [1.54, 1.807) is 48.6 Å². The molecule has 2 aliphatic heterocycles. The first kappa shape index (κ1) is 63.2. The molecule has 8 bridgehead atoms. The van der Waals surface area contributed by atoms with Crippen molar-refractivity contribution in [3.63, 3.8) is 0 Å². The molecule has 3 aromatic heterocycles. The SMILES string of the molecule is COc1ccc(-c2c3nc(c(-c4ccc(OC)c(S(=O)(=O)[O-])c4)c4ccc([nH]4)c(-c4ccc(OC)c(S(=O)(=O)[O-])c4)c4nc(c(-c5ccc(OC)c(S(=O)(=O)[O-])c5)c5ccc2[nH]5)C=C4)C=C3)cc1S(=O)(=O)[O-].[Na+].[Na+].[Na+].[Na+]. The van der Waals surface area contributed by atoms with Crippen LogP contribution in [0.2, 0.25) is 0 Å². The van der Waals surface area contributed by atoms with Gasteiger partial charge in [0, 0.05) is 44.3 Å². The Morgan fingerprint density at radius 2 is 0.539 bits per heavy atom. The number of nitrogens with one attached hydrogen (secondary N) is 2. The van der Waals surface area contributed by atoms with Gasteiger partial charge in [0.25, 0.3) is 0 Å². The van der Waals surface area contributed by atoms with Crippen LogP contribution >= 0.6 is 0 Å². The fourth-order valence-electron chi connectivity index (χ4n) is 8.53. The van der Waals surface area contributed by atoms with Crippen LogP contribution in [0.3, 0.4) is 0 Å². The molecule has 0 aliphatic carbocycles. The zero-order valence-corrected chi connectivity index (χ0v) is 52.9. The fraction of sp³-hybridized carbons (Fsp3) is 0.0833. The van der Waals surface area contributed by atoms with E-state index < -0.39 is 60.1 Å². The number of hydrogen-bond acceptors (Lipinski definition) is 18. The molecule has 20 nitrogen and oxygen atoms in total. The molecule has 2 aliphatic rings. The first-order valence-corrected chi connectivity index (χ1v) is 26.4. The maximum atomic E-state index is 12.7. The molecule has 4 aromatic carbocycles. The van der Waals surface area contributed by atoms with Gasteiger partial charge >= 0.3 is 118 Å². The molecule has 76 heavy (non-hydrogen) atoms. The molecule has 0 radical (unpaired) electrons. The summed E-state index contributed by atoms with van der Waals surface area (Å²) in [5.41, 5.74) is 2.87. The minimum Gasteiger partial charge on any atom is -0.744 e. The van der Waals surface area contributed by atoms with Crippen molar-refractivity contribution in [2.45, 2.75) is 19.6 Å². The fourth-order valence-corrected chi connectivity index (χ4v) is 11.2. The third kappa shape index (κ3) is 12.5. The average molecular weight is 1140 g/mol. The van der Waals surface area contributed by atoms with Crippen molar-refractivity contribution >= 4 is 86.8 Å². The Hall–Kier alpha value is -3.68. The van der Waals surface area contributed by atoms with Crippen molar-refractivity contribution in [2.75, 3.05) is 28.4 Å². The van der Waals surface area contributed by atoms with Crippen molar-refractivity contribution in [1.29, 1.82) is 0 Å². The summed E-state index contributed by atoms with van der Waals surface area (Å²) in [6, 6.07) is 21.8. The maximum Gasteiger partial charge on any atom is 1.00 e. The van der Waals surface area contributed by atoms with E-state index in [-0.39, 0.29) is 231 Å². The summed E-state index contributed by atoms with van der Waals surface area (Å²) in [5, 5.41) is 0. The van der Waals surface area contributed by atoms with Gasteiger partial charge < -0.3 is 47.1 Å². The number of fused-ring (bicyclic) bond motifs is 8. The molecule has 0 spiro atoms. The van der Waals surface area contributed by atoms with E-state index in [2.05, 4.69) is 9.97 Å². The molecule has 0 saturated heterocycles. The van der Waals surface area contributed by atoms with E-state index >= 15 is 0 Å². The number of benzene rings is 4. The van der Waals surface area contributed by atoms with Crippen molar-refractivity contribution in [1.82, 2.24) is 19.9 Å². The second kappa shape index (κ2) is 24.4. The van der Waals surface area contributed by atoms with Gasteiger partial charge in [-0.25, -0.2) is 43.6 Å². The normalized spacial score (nSPS) is 12.1. The summed E-state index contributed by atoms with van der Waals surface area (Å²) in [5.74, 6) is -0.994. The van der Waals surface area contributed by atoms with Crippen molar-refractivity contribution in [3.8, 4) is 67.5 Å².